The Balaban J connectivity index is 1.89. The fraction of sp³-hybridized carbons (Fsp3) is 0.667. The van der Waals surface area contributed by atoms with Gasteiger partial charge in [0.1, 0.15) is 10.5 Å². The van der Waals surface area contributed by atoms with E-state index in [1.165, 1.54) is 18.5 Å². The van der Waals surface area contributed by atoms with E-state index in [4.69, 9.17) is 17.0 Å². The molecule has 0 amide bonds. The maximum Gasteiger partial charge on any atom is 0.130 e. The lowest BCUT2D eigenvalue weighted by Crippen LogP contribution is -2.17. The molecule has 86 valence electrons. The summed E-state index contributed by atoms with van der Waals surface area (Å²) in [6.07, 6.45) is 4.71. The van der Waals surface area contributed by atoms with E-state index < -0.39 is 0 Å². The van der Waals surface area contributed by atoms with Crippen LogP contribution in [-0.4, -0.2) is 23.2 Å². The first-order chi connectivity index (χ1) is 7.83. The SMILES string of the molecule is S=c1cc(C2CC2)[nH]c(C2CCOCC2)n1. The van der Waals surface area contributed by atoms with Crippen LogP contribution in [0.2, 0.25) is 0 Å². The van der Waals surface area contributed by atoms with Gasteiger partial charge in [-0.15, -0.1) is 0 Å². The number of hydrogen-bond donors (Lipinski definition) is 1. The topological polar surface area (TPSA) is 37.9 Å². The molecule has 1 aromatic rings. The second-order valence-corrected chi connectivity index (χ2v) is 5.14. The van der Waals surface area contributed by atoms with Gasteiger partial charge in [0.15, 0.2) is 0 Å². The first kappa shape index (κ1) is 10.4. The zero-order valence-corrected chi connectivity index (χ0v) is 10.1. The number of aromatic nitrogens is 2. The summed E-state index contributed by atoms with van der Waals surface area (Å²) in [5.41, 5.74) is 1.29. The summed E-state index contributed by atoms with van der Waals surface area (Å²) in [7, 11) is 0. The average Bonchev–Trinajstić information content (AvgIpc) is 3.13. The van der Waals surface area contributed by atoms with E-state index in [-0.39, 0.29) is 0 Å². The van der Waals surface area contributed by atoms with E-state index in [2.05, 4.69) is 9.97 Å². The van der Waals surface area contributed by atoms with Crippen LogP contribution in [0.3, 0.4) is 0 Å². The van der Waals surface area contributed by atoms with Gasteiger partial charge >= 0.3 is 0 Å². The molecule has 1 aromatic heterocycles. The molecule has 0 atom stereocenters. The van der Waals surface area contributed by atoms with Crippen LogP contribution in [0.5, 0.6) is 0 Å². The van der Waals surface area contributed by atoms with Gasteiger partial charge in [0.2, 0.25) is 0 Å². The molecular weight excluding hydrogens is 220 g/mol. The number of nitrogens with zero attached hydrogens (tertiary/aromatic N) is 1. The molecule has 16 heavy (non-hydrogen) atoms. The zero-order valence-electron chi connectivity index (χ0n) is 9.24. The lowest BCUT2D eigenvalue weighted by Gasteiger charge is -2.21. The molecule has 1 N–H and O–H groups in total. The second-order valence-electron chi connectivity index (χ2n) is 4.72. The van der Waals surface area contributed by atoms with Crippen LogP contribution in [0.1, 0.15) is 49.0 Å². The van der Waals surface area contributed by atoms with Crippen molar-refractivity contribution in [3.8, 4) is 0 Å². The first-order valence-corrected chi connectivity index (χ1v) is 6.42. The van der Waals surface area contributed by atoms with Crippen molar-refractivity contribution >= 4 is 12.2 Å². The monoisotopic (exact) mass is 236 g/mol. The van der Waals surface area contributed by atoms with Gasteiger partial charge in [-0.05, 0) is 37.7 Å². The smallest absolute Gasteiger partial charge is 0.130 e. The normalized spacial score (nSPS) is 22.2. The van der Waals surface area contributed by atoms with Gasteiger partial charge in [0, 0.05) is 24.8 Å². The van der Waals surface area contributed by atoms with Gasteiger partial charge < -0.3 is 9.72 Å². The molecule has 1 saturated carbocycles. The number of ether oxygens (including phenoxy) is 1. The summed E-state index contributed by atoms with van der Waals surface area (Å²) in [5, 5.41) is 0. The molecule has 3 nitrogen and oxygen atoms in total. The molecule has 0 aromatic carbocycles. The van der Waals surface area contributed by atoms with Crippen molar-refractivity contribution in [2.45, 2.75) is 37.5 Å². The molecule has 3 rings (SSSR count). The van der Waals surface area contributed by atoms with Crippen LogP contribution < -0.4 is 0 Å². The van der Waals surface area contributed by atoms with Crippen LogP contribution in [0.25, 0.3) is 0 Å². The predicted octanol–water partition coefficient (Wildman–Crippen LogP) is 2.91. The molecule has 1 aliphatic heterocycles. The number of aromatic amines is 1. The van der Waals surface area contributed by atoms with Gasteiger partial charge in [0.25, 0.3) is 0 Å². The van der Waals surface area contributed by atoms with Crippen molar-refractivity contribution in [1.82, 2.24) is 9.97 Å². The Hall–Kier alpha value is -0.740. The van der Waals surface area contributed by atoms with Crippen LogP contribution in [-0.2, 0) is 4.74 Å². The van der Waals surface area contributed by atoms with E-state index in [0.29, 0.717) is 11.8 Å². The Bertz CT molecular complexity index is 433. The molecule has 1 saturated heterocycles. The Kier molecular flexibility index (Phi) is 2.77. The van der Waals surface area contributed by atoms with Crippen molar-refractivity contribution in [3.05, 3.63) is 22.2 Å². The van der Waals surface area contributed by atoms with Gasteiger partial charge in [-0.3, -0.25) is 0 Å². The third-order valence-electron chi connectivity index (χ3n) is 3.41. The fourth-order valence-corrected chi connectivity index (χ4v) is 2.50. The summed E-state index contributed by atoms with van der Waals surface area (Å²) < 4.78 is 6.11. The molecule has 4 heteroatoms. The lowest BCUT2D eigenvalue weighted by molar-refractivity contribution is 0.0835. The standard InChI is InChI=1S/C12H16N2OS/c16-11-7-10(8-1-2-8)13-12(14-11)9-3-5-15-6-4-9/h7-9H,1-6H2,(H,13,14,16). The number of rotatable bonds is 2. The number of nitrogens with one attached hydrogen (secondary N) is 1. The van der Waals surface area contributed by atoms with Gasteiger partial charge in [-0.2, -0.15) is 0 Å². The summed E-state index contributed by atoms with van der Waals surface area (Å²) in [6, 6.07) is 2.02. The van der Waals surface area contributed by atoms with E-state index in [1.54, 1.807) is 0 Å². The quantitative estimate of drug-likeness (QED) is 0.802. The molecule has 1 aliphatic carbocycles. The van der Waals surface area contributed by atoms with E-state index >= 15 is 0 Å². The highest BCUT2D eigenvalue weighted by Crippen LogP contribution is 2.39. The van der Waals surface area contributed by atoms with E-state index in [0.717, 1.165) is 36.5 Å². The van der Waals surface area contributed by atoms with Crippen molar-refractivity contribution in [3.63, 3.8) is 0 Å². The van der Waals surface area contributed by atoms with Gasteiger partial charge in [-0.25, -0.2) is 4.98 Å². The fourth-order valence-electron chi connectivity index (χ4n) is 2.27. The summed E-state index contributed by atoms with van der Waals surface area (Å²) in [4.78, 5) is 7.95. The van der Waals surface area contributed by atoms with Crippen LogP contribution in [0.4, 0.5) is 0 Å². The minimum absolute atomic E-state index is 0.508. The summed E-state index contributed by atoms with van der Waals surface area (Å²) >= 11 is 5.24. The number of hydrogen-bond acceptors (Lipinski definition) is 3. The maximum absolute atomic E-state index is 5.37. The molecule has 2 heterocycles. The van der Waals surface area contributed by atoms with Gasteiger partial charge in [0.05, 0.1) is 0 Å². The molecule has 2 fully saturated rings. The Morgan fingerprint density at radius 1 is 1.19 bits per heavy atom. The minimum atomic E-state index is 0.508. The Morgan fingerprint density at radius 3 is 2.62 bits per heavy atom. The molecule has 0 spiro atoms. The average molecular weight is 236 g/mol. The highest BCUT2D eigenvalue weighted by molar-refractivity contribution is 7.71. The highest BCUT2D eigenvalue weighted by Gasteiger charge is 2.26. The lowest BCUT2D eigenvalue weighted by atomic mass is 9.99. The Morgan fingerprint density at radius 2 is 1.94 bits per heavy atom. The van der Waals surface area contributed by atoms with Crippen LogP contribution in [0.15, 0.2) is 6.07 Å². The number of H-pyrrole nitrogens is 1. The zero-order chi connectivity index (χ0) is 11.0. The first-order valence-electron chi connectivity index (χ1n) is 6.02. The third kappa shape index (κ3) is 2.18. The molecular formula is C12H16N2OS. The van der Waals surface area contributed by atoms with Crippen molar-refractivity contribution in [2.24, 2.45) is 0 Å². The molecule has 0 unspecified atom stereocenters. The molecule has 2 aliphatic rings. The largest absolute Gasteiger partial charge is 0.381 e. The van der Waals surface area contributed by atoms with Crippen LogP contribution >= 0.6 is 12.2 Å². The highest BCUT2D eigenvalue weighted by atomic mass is 32.1. The second kappa shape index (κ2) is 4.26. The third-order valence-corrected chi connectivity index (χ3v) is 3.62. The maximum atomic E-state index is 5.37. The van der Waals surface area contributed by atoms with Crippen molar-refractivity contribution in [1.29, 1.82) is 0 Å². The summed E-state index contributed by atoms with van der Waals surface area (Å²) in [5.74, 6) is 2.30. The van der Waals surface area contributed by atoms with Crippen LogP contribution in [0, 0.1) is 4.64 Å². The predicted molar refractivity (Wildman–Crippen MR) is 64.2 cm³/mol. The van der Waals surface area contributed by atoms with E-state index in [1.807, 2.05) is 6.07 Å². The van der Waals surface area contributed by atoms with Crippen molar-refractivity contribution < 1.29 is 4.74 Å². The van der Waals surface area contributed by atoms with E-state index in [9.17, 15) is 0 Å². The van der Waals surface area contributed by atoms with Crippen molar-refractivity contribution in [2.75, 3.05) is 13.2 Å². The molecule has 0 bridgehead atoms. The summed E-state index contributed by atoms with van der Waals surface area (Å²) in [6.45, 7) is 1.70. The van der Waals surface area contributed by atoms with Gasteiger partial charge in [-0.1, -0.05) is 12.2 Å². The Labute approximate surface area is 100 Å². The molecule has 0 radical (unpaired) electrons. The minimum Gasteiger partial charge on any atom is -0.381 e.